The van der Waals surface area contributed by atoms with E-state index in [9.17, 15) is 13.2 Å². The minimum Gasteiger partial charge on any atom is -0.466 e. The third kappa shape index (κ3) is 3.21. The van der Waals surface area contributed by atoms with Crippen molar-refractivity contribution < 1.29 is 22.4 Å². The standard InChI is InChI=1S/C20H21NO5S/c1-2-25-20(22)14-9-11-21(12-10-14)27(23,24)15-7-8-19-17(13-15)16-5-3-4-6-18(16)26-19/h3-8,13-14H,2,9-12H2,1H3. The predicted molar refractivity (Wildman–Crippen MR) is 102 cm³/mol. The van der Waals surface area contributed by atoms with Gasteiger partial charge >= 0.3 is 5.97 Å². The van der Waals surface area contributed by atoms with Gasteiger partial charge in [-0.15, -0.1) is 0 Å². The molecule has 0 aliphatic carbocycles. The molecule has 0 radical (unpaired) electrons. The summed E-state index contributed by atoms with van der Waals surface area (Å²) in [7, 11) is -3.62. The Bertz CT molecular complexity index is 1090. The van der Waals surface area contributed by atoms with Gasteiger partial charge in [-0.1, -0.05) is 18.2 Å². The van der Waals surface area contributed by atoms with Crippen LogP contribution in [-0.4, -0.2) is 38.4 Å². The minimum atomic E-state index is -3.62. The molecule has 0 amide bonds. The fourth-order valence-corrected chi connectivity index (χ4v) is 5.10. The maximum Gasteiger partial charge on any atom is 0.309 e. The first kappa shape index (κ1) is 18.0. The molecule has 1 saturated heterocycles. The molecule has 1 fully saturated rings. The number of hydrogen-bond acceptors (Lipinski definition) is 5. The average Bonchev–Trinajstić information content (AvgIpc) is 3.06. The molecule has 4 rings (SSSR count). The van der Waals surface area contributed by atoms with Crippen LogP contribution in [0.5, 0.6) is 0 Å². The van der Waals surface area contributed by atoms with Crippen molar-refractivity contribution in [1.82, 2.24) is 4.31 Å². The first-order valence-electron chi connectivity index (χ1n) is 9.09. The Morgan fingerprint density at radius 3 is 2.56 bits per heavy atom. The predicted octanol–water partition coefficient (Wildman–Crippen LogP) is 3.55. The van der Waals surface area contributed by atoms with Gasteiger partial charge in [0.2, 0.25) is 10.0 Å². The van der Waals surface area contributed by atoms with Gasteiger partial charge in [0.05, 0.1) is 17.4 Å². The van der Waals surface area contributed by atoms with Gasteiger partial charge in [0, 0.05) is 23.9 Å². The van der Waals surface area contributed by atoms with Crippen molar-refractivity contribution in [3.63, 3.8) is 0 Å². The maximum atomic E-state index is 13.1. The number of piperidine rings is 1. The highest BCUT2D eigenvalue weighted by molar-refractivity contribution is 7.89. The molecule has 0 unspecified atom stereocenters. The quantitative estimate of drug-likeness (QED) is 0.640. The van der Waals surface area contributed by atoms with E-state index in [-0.39, 0.29) is 16.8 Å². The largest absolute Gasteiger partial charge is 0.466 e. The second kappa shape index (κ2) is 6.98. The van der Waals surface area contributed by atoms with Crippen molar-refractivity contribution >= 4 is 37.9 Å². The molecule has 27 heavy (non-hydrogen) atoms. The highest BCUT2D eigenvalue weighted by Gasteiger charge is 2.33. The smallest absolute Gasteiger partial charge is 0.309 e. The lowest BCUT2D eigenvalue weighted by Gasteiger charge is -2.30. The Kier molecular flexibility index (Phi) is 4.65. The molecule has 142 valence electrons. The second-order valence-electron chi connectivity index (χ2n) is 6.69. The SMILES string of the molecule is CCOC(=O)C1CCN(S(=O)(=O)c2ccc3oc4ccccc4c3c2)CC1. The number of benzene rings is 2. The maximum absolute atomic E-state index is 13.1. The molecule has 2 aromatic carbocycles. The number of nitrogens with zero attached hydrogens (tertiary/aromatic N) is 1. The van der Waals surface area contributed by atoms with Crippen molar-refractivity contribution in [3.05, 3.63) is 42.5 Å². The summed E-state index contributed by atoms with van der Waals surface area (Å²) in [5, 5.41) is 1.68. The summed E-state index contributed by atoms with van der Waals surface area (Å²) in [6.07, 6.45) is 0.962. The third-order valence-electron chi connectivity index (χ3n) is 5.06. The topological polar surface area (TPSA) is 76.8 Å². The molecule has 2 heterocycles. The Morgan fingerprint density at radius 2 is 1.81 bits per heavy atom. The molecule has 3 aromatic rings. The molecule has 1 aliphatic rings. The van der Waals surface area contributed by atoms with Crippen LogP contribution in [0.1, 0.15) is 19.8 Å². The van der Waals surface area contributed by atoms with Crippen LogP contribution in [0, 0.1) is 5.92 Å². The summed E-state index contributed by atoms with van der Waals surface area (Å²) >= 11 is 0. The zero-order valence-corrected chi connectivity index (χ0v) is 15.9. The molecule has 1 aromatic heterocycles. The average molecular weight is 387 g/mol. The normalized spacial score (nSPS) is 16.8. The van der Waals surface area contributed by atoms with Crippen molar-refractivity contribution in [3.8, 4) is 0 Å². The third-order valence-corrected chi connectivity index (χ3v) is 6.95. The number of sulfonamides is 1. The van der Waals surface area contributed by atoms with Gasteiger partial charge in [-0.3, -0.25) is 4.79 Å². The van der Waals surface area contributed by atoms with Crippen LogP contribution in [0.2, 0.25) is 0 Å². The van der Waals surface area contributed by atoms with Gasteiger partial charge in [0.15, 0.2) is 0 Å². The summed E-state index contributed by atoms with van der Waals surface area (Å²) in [6, 6.07) is 12.5. The monoisotopic (exact) mass is 387 g/mol. The number of esters is 1. The van der Waals surface area contributed by atoms with Crippen molar-refractivity contribution in [2.75, 3.05) is 19.7 Å². The Balaban J connectivity index is 1.61. The second-order valence-corrected chi connectivity index (χ2v) is 8.62. The van der Waals surface area contributed by atoms with Gasteiger partial charge in [-0.25, -0.2) is 8.42 Å². The summed E-state index contributed by atoms with van der Waals surface area (Å²) in [4.78, 5) is 12.1. The van der Waals surface area contributed by atoms with Gasteiger partial charge in [0.25, 0.3) is 0 Å². The van der Waals surface area contributed by atoms with E-state index in [1.54, 1.807) is 25.1 Å². The van der Waals surface area contributed by atoms with E-state index in [0.717, 1.165) is 16.4 Å². The lowest BCUT2D eigenvalue weighted by atomic mass is 9.98. The van der Waals surface area contributed by atoms with Crippen LogP contribution in [0.4, 0.5) is 0 Å². The number of fused-ring (bicyclic) bond motifs is 3. The lowest BCUT2D eigenvalue weighted by molar-refractivity contribution is -0.149. The van der Waals surface area contributed by atoms with Crippen LogP contribution in [0.3, 0.4) is 0 Å². The molecule has 0 bridgehead atoms. The number of furan rings is 1. The fourth-order valence-electron chi connectivity index (χ4n) is 3.61. The minimum absolute atomic E-state index is 0.225. The highest BCUT2D eigenvalue weighted by atomic mass is 32.2. The van der Waals surface area contributed by atoms with Crippen molar-refractivity contribution in [2.45, 2.75) is 24.7 Å². The Hall–Kier alpha value is -2.38. The summed E-state index contributed by atoms with van der Waals surface area (Å²) in [5.41, 5.74) is 1.40. The molecule has 0 atom stereocenters. The van der Waals surface area contributed by atoms with E-state index in [4.69, 9.17) is 9.15 Å². The summed E-state index contributed by atoms with van der Waals surface area (Å²) in [5.74, 6) is -0.461. The van der Waals surface area contributed by atoms with E-state index in [1.165, 1.54) is 4.31 Å². The summed E-state index contributed by atoms with van der Waals surface area (Å²) in [6.45, 7) is 2.75. The molecule has 0 saturated carbocycles. The van der Waals surface area contributed by atoms with E-state index < -0.39 is 10.0 Å². The van der Waals surface area contributed by atoms with Gasteiger partial charge in [-0.2, -0.15) is 4.31 Å². The molecule has 7 heteroatoms. The number of ether oxygens (including phenoxy) is 1. The molecular weight excluding hydrogens is 366 g/mol. The number of para-hydroxylation sites is 1. The Labute approximate surface area is 157 Å². The molecule has 1 aliphatic heterocycles. The molecule has 0 N–H and O–H groups in total. The fraction of sp³-hybridized carbons (Fsp3) is 0.350. The van der Waals surface area contributed by atoms with Crippen molar-refractivity contribution in [2.24, 2.45) is 5.92 Å². The van der Waals surface area contributed by atoms with E-state index in [0.29, 0.717) is 38.1 Å². The Morgan fingerprint density at radius 1 is 1.11 bits per heavy atom. The summed E-state index contributed by atoms with van der Waals surface area (Å²) < 4.78 is 38.4. The van der Waals surface area contributed by atoms with Crippen LogP contribution >= 0.6 is 0 Å². The van der Waals surface area contributed by atoms with Crippen LogP contribution < -0.4 is 0 Å². The van der Waals surface area contributed by atoms with Crippen molar-refractivity contribution in [1.29, 1.82) is 0 Å². The zero-order valence-electron chi connectivity index (χ0n) is 15.1. The highest BCUT2D eigenvalue weighted by Crippen LogP contribution is 2.32. The number of hydrogen-bond donors (Lipinski definition) is 0. The van der Waals surface area contributed by atoms with E-state index >= 15 is 0 Å². The van der Waals surface area contributed by atoms with Crippen LogP contribution in [0.25, 0.3) is 21.9 Å². The number of carbonyl (C=O) groups excluding carboxylic acids is 1. The van der Waals surface area contributed by atoms with Gasteiger partial charge in [-0.05, 0) is 44.0 Å². The van der Waals surface area contributed by atoms with Crippen LogP contribution in [0.15, 0.2) is 51.8 Å². The lowest BCUT2D eigenvalue weighted by Crippen LogP contribution is -2.40. The first-order chi connectivity index (χ1) is 13.0. The van der Waals surface area contributed by atoms with Gasteiger partial charge < -0.3 is 9.15 Å². The van der Waals surface area contributed by atoms with Gasteiger partial charge in [0.1, 0.15) is 11.2 Å². The molecule has 0 spiro atoms. The number of rotatable bonds is 4. The molecular formula is C20H21NO5S. The van der Waals surface area contributed by atoms with Crippen LogP contribution in [-0.2, 0) is 19.6 Å². The molecule has 6 nitrogen and oxygen atoms in total. The number of carbonyl (C=O) groups is 1. The van der Waals surface area contributed by atoms with E-state index in [2.05, 4.69) is 0 Å². The zero-order chi connectivity index (χ0) is 19.0. The van der Waals surface area contributed by atoms with E-state index in [1.807, 2.05) is 24.3 Å². The first-order valence-corrected chi connectivity index (χ1v) is 10.5.